The molecule has 0 radical (unpaired) electrons. The molecule has 0 saturated carbocycles. The Hall–Kier alpha value is -3.10. The summed E-state index contributed by atoms with van der Waals surface area (Å²) in [5, 5.41) is 2.35. The Kier molecular flexibility index (Phi) is 6.85. The fourth-order valence-corrected chi connectivity index (χ4v) is 4.73. The molecule has 2 heterocycles. The van der Waals surface area contributed by atoms with E-state index < -0.39 is 17.1 Å². The van der Waals surface area contributed by atoms with Crippen LogP contribution < -0.4 is 10.2 Å². The molecule has 4 rings (SSSR count). The van der Waals surface area contributed by atoms with Crippen LogP contribution in [0.1, 0.15) is 22.3 Å². The van der Waals surface area contributed by atoms with E-state index in [1.165, 1.54) is 0 Å². The average molecular weight is 466 g/mol. The summed E-state index contributed by atoms with van der Waals surface area (Å²) in [5.74, 6) is -0.853. The van der Waals surface area contributed by atoms with E-state index in [9.17, 15) is 14.4 Å². The van der Waals surface area contributed by atoms with Gasteiger partial charge in [-0.05, 0) is 73.5 Å². The molecule has 0 unspecified atom stereocenters. The summed E-state index contributed by atoms with van der Waals surface area (Å²) < 4.78 is 5.41. The van der Waals surface area contributed by atoms with Crippen LogP contribution in [0.4, 0.5) is 16.2 Å². The summed E-state index contributed by atoms with van der Waals surface area (Å²) in [4.78, 5) is 41.4. The van der Waals surface area contributed by atoms with Crippen molar-refractivity contribution in [3.63, 3.8) is 0 Å². The first-order valence-corrected chi connectivity index (χ1v) is 11.7. The van der Waals surface area contributed by atoms with Crippen molar-refractivity contribution in [1.29, 1.82) is 0 Å². The number of anilines is 2. The molecule has 0 atom stereocenters. The first-order valence-electron chi connectivity index (χ1n) is 10.9. The molecule has 172 valence electrons. The van der Waals surface area contributed by atoms with Gasteiger partial charge in [0.1, 0.15) is 6.54 Å². The van der Waals surface area contributed by atoms with E-state index in [-0.39, 0.29) is 6.54 Å². The SMILES string of the molecule is Cc1ccc(NC(=O)CN2C(=O)SC(=Cc3ccc(N4CCOCC4)cc3C)C2=O)c(C)c1. The van der Waals surface area contributed by atoms with Gasteiger partial charge in [-0.3, -0.25) is 19.3 Å². The molecule has 3 amide bonds. The van der Waals surface area contributed by atoms with Gasteiger partial charge in [0.25, 0.3) is 11.1 Å². The maximum Gasteiger partial charge on any atom is 0.294 e. The van der Waals surface area contributed by atoms with Gasteiger partial charge < -0.3 is 15.0 Å². The highest BCUT2D eigenvalue weighted by Gasteiger charge is 2.36. The van der Waals surface area contributed by atoms with Gasteiger partial charge in [-0.2, -0.15) is 0 Å². The van der Waals surface area contributed by atoms with E-state index in [1.807, 2.05) is 51.1 Å². The van der Waals surface area contributed by atoms with E-state index >= 15 is 0 Å². The standard InChI is InChI=1S/C25H27N3O4S/c1-16-4-7-21(18(3)12-16)26-23(29)15-28-24(30)22(33-25(28)31)14-19-5-6-20(13-17(19)2)27-8-10-32-11-9-27/h4-7,12-14H,8-11,15H2,1-3H3,(H,26,29). The normalized spacial score (nSPS) is 17.7. The molecule has 33 heavy (non-hydrogen) atoms. The lowest BCUT2D eigenvalue weighted by Crippen LogP contribution is -2.36. The van der Waals surface area contributed by atoms with E-state index in [0.29, 0.717) is 23.8 Å². The van der Waals surface area contributed by atoms with Gasteiger partial charge in [0, 0.05) is 24.5 Å². The molecular formula is C25H27N3O4S. The number of nitrogens with one attached hydrogen (secondary N) is 1. The van der Waals surface area contributed by atoms with Crippen LogP contribution in [0.25, 0.3) is 6.08 Å². The predicted molar refractivity (Wildman–Crippen MR) is 131 cm³/mol. The Morgan fingerprint density at radius 3 is 2.52 bits per heavy atom. The Morgan fingerprint density at radius 2 is 1.82 bits per heavy atom. The number of carbonyl (C=O) groups excluding carboxylic acids is 3. The van der Waals surface area contributed by atoms with Crippen LogP contribution in [0.2, 0.25) is 0 Å². The fourth-order valence-electron chi connectivity index (χ4n) is 3.90. The molecule has 0 bridgehead atoms. The number of imide groups is 1. The summed E-state index contributed by atoms with van der Waals surface area (Å²) in [6.07, 6.45) is 1.73. The Bertz CT molecular complexity index is 1140. The van der Waals surface area contributed by atoms with Crippen molar-refractivity contribution >= 4 is 46.3 Å². The van der Waals surface area contributed by atoms with E-state index in [0.717, 1.165) is 57.7 Å². The number of carbonyl (C=O) groups is 3. The minimum atomic E-state index is -0.447. The van der Waals surface area contributed by atoms with Gasteiger partial charge in [-0.1, -0.05) is 23.8 Å². The second kappa shape index (κ2) is 9.80. The smallest absolute Gasteiger partial charge is 0.294 e. The zero-order valence-corrected chi connectivity index (χ0v) is 19.8. The first-order chi connectivity index (χ1) is 15.8. The van der Waals surface area contributed by atoms with Gasteiger partial charge >= 0.3 is 0 Å². The second-order valence-electron chi connectivity index (χ2n) is 8.27. The number of rotatable bonds is 5. The van der Waals surface area contributed by atoms with Crippen molar-refractivity contribution < 1.29 is 19.1 Å². The zero-order valence-electron chi connectivity index (χ0n) is 19.0. The van der Waals surface area contributed by atoms with Gasteiger partial charge in [0.05, 0.1) is 18.1 Å². The molecule has 2 fully saturated rings. The molecule has 0 aliphatic carbocycles. The number of hydrogen-bond donors (Lipinski definition) is 1. The third-order valence-electron chi connectivity index (χ3n) is 5.75. The first kappa shape index (κ1) is 23.1. The largest absolute Gasteiger partial charge is 0.378 e. The monoisotopic (exact) mass is 465 g/mol. The summed E-state index contributed by atoms with van der Waals surface area (Å²) >= 11 is 0.863. The maximum atomic E-state index is 12.9. The lowest BCUT2D eigenvalue weighted by molar-refractivity contribution is -0.127. The number of hydrogen-bond acceptors (Lipinski definition) is 6. The molecule has 2 aliphatic heterocycles. The number of aryl methyl sites for hydroxylation is 3. The molecule has 2 aromatic carbocycles. The Balaban J connectivity index is 1.44. The summed E-state index contributed by atoms with van der Waals surface area (Å²) in [6, 6.07) is 11.7. The van der Waals surface area contributed by atoms with Gasteiger partial charge in [0.15, 0.2) is 0 Å². The van der Waals surface area contributed by atoms with Gasteiger partial charge in [-0.25, -0.2) is 0 Å². The van der Waals surface area contributed by atoms with Crippen LogP contribution >= 0.6 is 11.8 Å². The number of ether oxygens (including phenoxy) is 1. The summed E-state index contributed by atoms with van der Waals surface area (Å²) in [7, 11) is 0. The third-order valence-corrected chi connectivity index (χ3v) is 6.65. The molecule has 2 aliphatic rings. The lowest BCUT2D eigenvalue weighted by atomic mass is 10.1. The highest BCUT2D eigenvalue weighted by Crippen LogP contribution is 2.33. The molecule has 0 spiro atoms. The summed E-state index contributed by atoms with van der Waals surface area (Å²) in [6.45, 7) is 8.67. The zero-order chi connectivity index (χ0) is 23.5. The van der Waals surface area contributed by atoms with Crippen molar-refractivity contribution in [2.45, 2.75) is 20.8 Å². The van der Waals surface area contributed by atoms with E-state index in [4.69, 9.17) is 4.74 Å². The van der Waals surface area contributed by atoms with Crippen molar-refractivity contribution in [3.05, 3.63) is 63.6 Å². The van der Waals surface area contributed by atoms with Crippen molar-refractivity contribution in [1.82, 2.24) is 4.90 Å². The van der Waals surface area contributed by atoms with Crippen molar-refractivity contribution in [2.75, 3.05) is 43.1 Å². The minimum absolute atomic E-state index is 0.315. The third kappa shape index (κ3) is 5.29. The lowest BCUT2D eigenvalue weighted by Gasteiger charge is -2.29. The Labute approximate surface area is 197 Å². The molecule has 2 aromatic rings. The van der Waals surface area contributed by atoms with Crippen molar-refractivity contribution in [3.8, 4) is 0 Å². The highest BCUT2D eigenvalue weighted by atomic mass is 32.2. The van der Waals surface area contributed by atoms with E-state index in [2.05, 4.69) is 16.3 Å². The number of benzene rings is 2. The maximum absolute atomic E-state index is 12.9. The van der Waals surface area contributed by atoms with Gasteiger partial charge in [-0.15, -0.1) is 0 Å². The van der Waals surface area contributed by atoms with E-state index in [1.54, 1.807) is 6.08 Å². The average Bonchev–Trinajstić information content (AvgIpc) is 3.05. The number of morpholine rings is 1. The van der Waals surface area contributed by atoms with Crippen LogP contribution in [0.15, 0.2) is 41.3 Å². The molecule has 2 saturated heterocycles. The molecular weight excluding hydrogens is 438 g/mol. The molecule has 0 aromatic heterocycles. The fraction of sp³-hybridized carbons (Fsp3) is 0.320. The van der Waals surface area contributed by atoms with Crippen LogP contribution in [0, 0.1) is 20.8 Å². The number of amides is 3. The molecule has 8 heteroatoms. The number of nitrogens with zero attached hydrogens (tertiary/aromatic N) is 2. The van der Waals surface area contributed by atoms with Crippen LogP contribution in [-0.2, 0) is 14.3 Å². The topological polar surface area (TPSA) is 79.0 Å². The Morgan fingerprint density at radius 1 is 1.06 bits per heavy atom. The molecule has 1 N–H and O–H groups in total. The van der Waals surface area contributed by atoms with Crippen LogP contribution in [-0.4, -0.2) is 54.8 Å². The minimum Gasteiger partial charge on any atom is -0.378 e. The van der Waals surface area contributed by atoms with Crippen LogP contribution in [0.5, 0.6) is 0 Å². The summed E-state index contributed by atoms with van der Waals surface area (Å²) in [5.41, 5.74) is 5.69. The van der Waals surface area contributed by atoms with Crippen molar-refractivity contribution in [2.24, 2.45) is 0 Å². The quantitative estimate of drug-likeness (QED) is 0.669. The second-order valence-corrected chi connectivity index (χ2v) is 9.27. The number of thioether (sulfide) groups is 1. The highest BCUT2D eigenvalue weighted by molar-refractivity contribution is 8.18. The van der Waals surface area contributed by atoms with Crippen LogP contribution in [0.3, 0.4) is 0 Å². The predicted octanol–water partition coefficient (Wildman–Crippen LogP) is 4.12. The molecule has 7 nitrogen and oxygen atoms in total. The van der Waals surface area contributed by atoms with Gasteiger partial charge in [0.2, 0.25) is 5.91 Å².